The molecule has 0 bridgehead atoms. The van der Waals surface area contributed by atoms with Gasteiger partial charge in [-0.1, -0.05) is 84.2 Å². The van der Waals surface area contributed by atoms with Gasteiger partial charge < -0.3 is 34.3 Å². The zero-order valence-corrected chi connectivity index (χ0v) is 33.2. The Hall–Kier alpha value is -6.05. The Morgan fingerprint density at radius 3 is 1.86 bits per heavy atom. The van der Waals surface area contributed by atoms with Gasteiger partial charge in [-0.05, 0) is 91.4 Å². The minimum atomic E-state index is -0.749. The fraction of sp³-hybridized carbons (Fsp3) is 0.304. The highest BCUT2D eigenvalue weighted by atomic mass is 35.5. The number of hydrogen-bond acceptors (Lipinski definition) is 7. The molecule has 9 nitrogen and oxygen atoms in total. The van der Waals surface area contributed by atoms with Gasteiger partial charge in [0.1, 0.15) is 19.8 Å². The molecule has 0 spiro atoms. The minimum Gasteiger partial charge on any atom is -0.493 e. The van der Waals surface area contributed by atoms with Crippen molar-refractivity contribution in [2.75, 3.05) is 47.1 Å². The van der Waals surface area contributed by atoms with Crippen molar-refractivity contribution in [2.24, 2.45) is 0 Å². The predicted octanol–water partition coefficient (Wildman–Crippen LogP) is 7.30. The van der Waals surface area contributed by atoms with Gasteiger partial charge in [0, 0.05) is 30.1 Å². The van der Waals surface area contributed by atoms with E-state index in [0.717, 1.165) is 40.7 Å². The maximum atomic E-state index is 12.7. The molecule has 0 fully saturated rings. The number of carbonyl (C=O) groups is 2. The van der Waals surface area contributed by atoms with Crippen molar-refractivity contribution in [3.8, 4) is 59.5 Å². The molecule has 56 heavy (non-hydrogen) atoms. The lowest BCUT2D eigenvalue weighted by atomic mass is 10.1. The molecule has 2 N–H and O–H groups in total. The van der Waals surface area contributed by atoms with Crippen LogP contribution in [0.3, 0.4) is 0 Å². The van der Waals surface area contributed by atoms with Crippen LogP contribution in [-0.2, 0) is 27.2 Å². The average Bonchev–Trinajstić information content (AvgIpc) is 3.21. The smallest absolute Gasteiger partial charge is 0.253 e. The second-order valence-electron chi connectivity index (χ2n) is 12.3. The summed E-state index contributed by atoms with van der Waals surface area (Å²) in [6.45, 7) is 5.50. The van der Waals surface area contributed by atoms with Gasteiger partial charge in [0.2, 0.25) is 5.91 Å². The number of terminal acetylenes is 2. The van der Waals surface area contributed by atoms with Crippen molar-refractivity contribution in [3.63, 3.8) is 0 Å². The summed E-state index contributed by atoms with van der Waals surface area (Å²) in [6, 6.07) is 26.3. The van der Waals surface area contributed by atoms with Crippen molar-refractivity contribution < 1.29 is 33.3 Å². The van der Waals surface area contributed by atoms with Crippen molar-refractivity contribution in [3.05, 3.63) is 118 Å². The first-order valence-corrected chi connectivity index (χ1v) is 18.5. The van der Waals surface area contributed by atoms with Crippen LogP contribution in [-0.4, -0.2) is 58.9 Å². The average molecular weight is 777 g/mol. The molecule has 4 aromatic rings. The quantitative estimate of drug-likeness (QED) is 0.102. The van der Waals surface area contributed by atoms with Gasteiger partial charge in [-0.2, -0.15) is 0 Å². The predicted molar refractivity (Wildman–Crippen MR) is 221 cm³/mol. The Morgan fingerprint density at radius 1 is 0.732 bits per heavy atom. The van der Waals surface area contributed by atoms with Gasteiger partial charge in [0.15, 0.2) is 29.1 Å². The van der Waals surface area contributed by atoms with Crippen molar-refractivity contribution in [2.45, 2.75) is 45.6 Å². The maximum Gasteiger partial charge on any atom is 0.253 e. The Morgan fingerprint density at radius 2 is 1.30 bits per heavy atom. The number of benzene rings is 4. The summed E-state index contributed by atoms with van der Waals surface area (Å²) in [4.78, 5) is 24.2. The van der Waals surface area contributed by atoms with E-state index in [1.165, 1.54) is 0 Å². The van der Waals surface area contributed by atoms with Gasteiger partial charge in [0.25, 0.3) is 5.91 Å². The number of methoxy groups -OCH3 is 2. The highest BCUT2D eigenvalue weighted by Gasteiger charge is 2.21. The third-order valence-corrected chi connectivity index (χ3v) is 8.27. The van der Waals surface area contributed by atoms with Crippen LogP contribution < -0.4 is 29.6 Å². The molecule has 0 aliphatic rings. The SMILES string of the molecule is C#CCOc1ccc(CCNC(=O)C(OCC#C)c2ccc(C)cc2)cc1OC.CCCC(=O)NCCc1ccc(OCC#Cc2ccc(Cl)cc2)c(OC)c1. The number of carbonyl (C=O) groups excluding carboxylic acids is 2. The molecule has 2 amide bonds. The molecule has 0 aromatic heterocycles. The molecule has 0 saturated carbocycles. The molecule has 292 valence electrons. The number of hydrogen-bond donors (Lipinski definition) is 2. The molecule has 10 heteroatoms. The molecule has 4 rings (SSSR count). The van der Waals surface area contributed by atoms with Crippen molar-refractivity contribution in [1.82, 2.24) is 10.6 Å². The second-order valence-corrected chi connectivity index (χ2v) is 12.7. The second kappa shape index (κ2) is 25.1. The van der Waals surface area contributed by atoms with Crippen LogP contribution in [0.4, 0.5) is 0 Å². The van der Waals surface area contributed by atoms with Crippen LogP contribution in [0.5, 0.6) is 23.0 Å². The number of ether oxygens (including phenoxy) is 5. The number of aryl methyl sites for hydroxylation is 1. The third kappa shape index (κ3) is 15.7. The fourth-order valence-electron chi connectivity index (χ4n) is 5.16. The molecule has 4 aromatic carbocycles. The van der Waals surface area contributed by atoms with Gasteiger partial charge in [-0.15, -0.1) is 12.8 Å². The summed E-state index contributed by atoms with van der Waals surface area (Å²) in [6.07, 6.45) is 12.5. The summed E-state index contributed by atoms with van der Waals surface area (Å²) >= 11 is 5.85. The van der Waals surface area contributed by atoms with Gasteiger partial charge >= 0.3 is 0 Å². The van der Waals surface area contributed by atoms with E-state index in [4.69, 9.17) is 48.1 Å². The summed E-state index contributed by atoms with van der Waals surface area (Å²) in [7, 11) is 3.17. The van der Waals surface area contributed by atoms with E-state index < -0.39 is 6.10 Å². The Balaban J connectivity index is 0.000000301. The molecule has 0 aliphatic carbocycles. The van der Waals surface area contributed by atoms with E-state index in [2.05, 4.69) is 34.3 Å². The highest BCUT2D eigenvalue weighted by molar-refractivity contribution is 6.30. The lowest BCUT2D eigenvalue weighted by Gasteiger charge is -2.17. The lowest BCUT2D eigenvalue weighted by molar-refractivity contribution is -0.132. The zero-order chi connectivity index (χ0) is 40.5. The molecule has 1 atom stereocenters. The lowest BCUT2D eigenvalue weighted by Crippen LogP contribution is -2.32. The molecule has 1 unspecified atom stereocenters. The molecular weight excluding hydrogens is 728 g/mol. The summed E-state index contributed by atoms with van der Waals surface area (Å²) < 4.78 is 27.5. The van der Waals surface area contributed by atoms with Gasteiger partial charge in [0.05, 0.1) is 14.2 Å². The molecule has 0 heterocycles. The Bertz CT molecular complexity index is 1990. The monoisotopic (exact) mass is 776 g/mol. The van der Waals surface area contributed by atoms with E-state index in [1.54, 1.807) is 32.4 Å². The summed E-state index contributed by atoms with van der Waals surface area (Å²) in [5, 5.41) is 6.50. The van der Waals surface area contributed by atoms with Crippen molar-refractivity contribution >= 4 is 23.4 Å². The number of rotatable bonds is 18. The standard InChI is InChI=1S/C24H25NO4.C22H24ClNO3/c1-5-15-28-21-12-9-19(17-22(21)27-4)13-14-25-24(26)23(29-16-6-2)20-10-7-18(3)8-11-20;1-3-5-22(25)24-14-13-18-9-12-20(21(16-18)26-2)27-15-4-6-17-7-10-19(23)11-8-17/h1-2,7-12,17,23H,13-16H2,3-4H3,(H,25,26);7-12,16H,3,5,13-15H2,1-2H3,(H,24,25). The van der Waals surface area contributed by atoms with Gasteiger partial charge in [-0.3, -0.25) is 9.59 Å². The molecule has 0 saturated heterocycles. The molecule has 0 aliphatic heterocycles. The van der Waals surface area contributed by atoms with Crippen LogP contribution in [0.1, 0.15) is 53.7 Å². The van der Waals surface area contributed by atoms with E-state index in [9.17, 15) is 9.59 Å². The van der Waals surface area contributed by atoms with Gasteiger partial charge in [-0.25, -0.2) is 0 Å². The van der Waals surface area contributed by atoms with Crippen LogP contribution in [0, 0.1) is 43.5 Å². The summed E-state index contributed by atoms with van der Waals surface area (Å²) in [5.74, 6) is 13.2. The van der Waals surface area contributed by atoms with Crippen LogP contribution >= 0.6 is 11.6 Å². The zero-order valence-electron chi connectivity index (χ0n) is 32.4. The maximum absolute atomic E-state index is 12.7. The first-order valence-electron chi connectivity index (χ1n) is 18.1. The molecule has 0 radical (unpaired) electrons. The molecular formula is C46H49ClN2O7. The third-order valence-electron chi connectivity index (χ3n) is 8.02. The van der Waals surface area contributed by atoms with Crippen molar-refractivity contribution in [1.29, 1.82) is 0 Å². The van der Waals surface area contributed by atoms with E-state index in [0.29, 0.717) is 54.0 Å². The number of nitrogens with one attached hydrogen (secondary N) is 2. The van der Waals surface area contributed by atoms with E-state index in [1.807, 2.05) is 80.6 Å². The highest BCUT2D eigenvalue weighted by Crippen LogP contribution is 2.29. The van der Waals surface area contributed by atoms with Crippen LogP contribution in [0.25, 0.3) is 0 Å². The largest absolute Gasteiger partial charge is 0.493 e. The Labute approximate surface area is 336 Å². The minimum absolute atomic E-state index is 0.0578. The first kappa shape index (κ1) is 44.3. The van der Waals surface area contributed by atoms with E-state index >= 15 is 0 Å². The fourth-order valence-corrected chi connectivity index (χ4v) is 5.28. The summed E-state index contributed by atoms with van der Waals surface area (Å²) in [5.41, 5.74) is 4.82. The number of halogens is 1. The van der Waals surface area contributed by atoms with Crippen LogP contribution in [0.2, 0.25) is 5.02 Å². The normalized spacial score (nSPS) is 10.5. The first-order chi connectivity index (χ1) is 27.2. The van der Waals surface area contributed by atoms with E-state index in [-0.39, 0.29) is 31.6 Å². The topological polar surface area (TPSA) is 104 Å². The van der Waals surface area contributed by atoms with Crippen LogP contribution in [0.15, 0.2) is 84.9 Å². The number of amides is 2. The Kier molecular flexibility index (Phi) is 19.9.